The van der Waals surface area contributed by atoms with Crippen molar-refractivity contribution in [1.82, 2.24) is 4.57 Å². The molecule has 0 aliphatic carbocycles. The van der Waals surface area contributed by atoms with Crippen LogP contribution in [0.25, 0.3) is 0 Å². The van der Waals surface area contributed by atoms with E-state index in [4.69, 9.17) is 10.9 Å². The molecule has 1 aromatic heterocycles. The van der Waals surface area contributed by atoms with Crippen molar-refractivity contribution < 1.29 is 5.21 Å². The molecule has 0 fully saturated rings. The third-order valence-electron chi connectivity index (χ3n) is 2.70. The van der Waals surface area contributed by atoms with Gasteiger partial charge in [-0.15, -0.1) is 0 Å². The van der Waals surface area contributed by atoms with Gasteiger partial charge in [0.2, 0.25) is 0 Å². The normalized spacial score (nSPS) is 11.5. The van der Waals surface area contributed by atoms with Crippen LogP contribution < -0.4 is 11.3 Å². The van der Waals surface area contributed by atoms with Crippen molar-refractivity contribution in [1.29, 1.82) is 0 Å². The number of aromatic nitrogens is 1. The predicted octanol–water partition coefficient (Wildman–Crippen LogP) is 1.75. The average Bonchev–Trinajstić information content (AvgIpc) is 2.42. The summed E-state index contributed by atoms with van der Waals surface area (Å²) >= 11 is 3.44. The molecule has 0 aliphatic heterocycles. The summed E-state index contributed by atoms with van der Waals surface area (Å²) in [5, 5.41) is 11.5. The van der Waals surface area contributed by atoms with E-state index in [1.807, 2.05) is 24.3 Å². The second-order valence-corrected chi connectivity index (χ2v) is 4.79. The summed E-state index contributed by atoms with van der Waals surface area (Å²) < 4.78 is 2.43. The number of nitrogens with zero attached hydrogens (tertiary/aromatic N) is 2. The Bertz CT molecular complexity index is 680. The zero-order valence-electron chi connectivity index (χ0n) is 9.95. The Kier molecular flexibility index (Phi) is 4.01. The van der Waals surface area contributed by atoms with Crippen molar-refractivity contribution in [2.45, 2.75) is 6.54 Å². The molecule has 1 aromatic carbocycles. The number of pyridine rings is 1. The van der Waals surface area contributed by atoms with Crippen molar-refractivity contribution in [3.8, 4) is 0 Å². The maximum Gasteiger partial charge on any atom is 0.261 e. The highest BCUT2D eigenvalue weighted by atomic mass is 79.9. The van der Waals surface area contributed by atoms with Gasteiger partial charge in [-0.25, -0.2) is 0 Å². The fraction of sp³-hybridized carbons (Fsp3) is 0.0769. The van der Waals surface area contributed by atoms with Gasteiger partial charge < -0.3 is 15.5 Å². The summed E-state index contributed by atoms with van der Waals surface area (Å²) in [4.78, 5) is 12.2. The van der Waals surface area contributed by atoms with Crippen molar-refractivity contribution in [2.75, 3.05) is 0 Å². The van der Waals surface area contributed by atoms with E-state index in [0.29, 0.717) is 6.54 Å². The first kappa shape index (κ1) is 13.4. The number of hydrogen-bond acceptors (Lipinski definition) is 3. The van der Waals surface area contributed by atoms with E-state index >= 15 is 0 Å². The molecule has 0 amide bonds. The zero-order chi connectivity index (χ0) is 13.8. The Hall–Kier alpha value is -2.08. The number of nitrogens with two attached hydrogens (primary N) is 1. The highest BCUT2D eigenvalue weighted by Gasteiger charge is 2.08. The standard InChI is InChI=1S/C13H12BrN3O2/c14-11-6-2-1-4-9(11)8-17-7-3-5-10(13(17)18)12(15)16-19/h1-7,19H,8H2,(H2,15,16). The molecule has 0 saturated carbocycles. The van der Waals surface area contributed by atoms with E-state index in [-0.39, 0.29) is 17.0 Å². The largest absolute Gasteiger partial charge is 0.409 e. The Morgan fingerprint density at radius 3 is 2.74 bits per heavy atom. The van der Waals surface area contributed by atoms with Gasteiger partial charge in [-0.05, 0) is 23.8 Å². The Morgan fingerprint density at radius 2 is 2.05 bits per heavy atom. The van der Waals surface area contributed by atoms with E-state index in [1.54, 1.807) is 12.3 Å². The van der Waals surface area contributed by atoms with Gasteiger partial charge in [-0.3, -0.25) is 4.79 Å². The number of rotatable bonds is 3. The molecule has 0 unspecified atom stereocenters. The molecule has 0 radical (unpaired) electrons. The van der Waals surface area contributed by atoms with Gasteiger partial charge in [0, 0.05) is 10.7 Å². The number of hydrogen-bond donors (Lipinski definition) is 2. The lowest BCUT2D eigenvalue weighted by molar-refractivity contribution is 0.318. The maximum absolute atomic E-state index is 12.2. The van der Waals surface area contributed by atoms with Crippen LogP contribution in [0.1, 0.15) is 11.1 Å². The van der Waals surface area contributed by atoms with Gasteiger partial charge in [0.15, 0.2) is 5.84 Å². The monoisotopic (exact) mass is 321 g/mol. The van der Waals surface area contributed by atoms with Crippen molar-refractivity contribution >= 4 is 21.8 Å². The minimum Gasteiger partial charge on any atom is -0.409 e. The molecule has 0 bridgehead atoms. The molecule has 3 N–H and O–H groups in total. The molecule has 6 heteroatoms. The fourth-order valence-corrected chi connectivity index (χ4v) is 2.13. The number of halogens is 1. The van der Waals surface area contributed by atoms with Gasteiger partial charge in [0.1, 0.15) is 0 Å². The minimum absolute atomic E-state index is 0.178. The van der Waals surface area contributed by atoms with E-state index in [2.05, 4.69) is 21.1 Å². The van der Waals surface area contributed by atoms with Crippen LogP contribution in [-0.4, -0.2) is 15.6 Å². The van der Waals surface area contributed by atoms with Crippen LogP contribution in [0, 0.1) is 0 Å². The first-order valence-electron chi connectivity index (χ1n) is 5.54. The van der Waals surface area contributed by atoms with E-state index < -0.39 is 0 Å². The molecule has 0 atom stereocenters. The van der Waals surface area contributed by atoms with Crippen molar-refractivity contribution in [3.05, 3.63) is 68.5 Å². The summed E-state index contributed by atoms with van der Waals surface area (Å²) in [5.41, 5.74) is 6.32. The third kappa shape index (κ3) is 2.85. The Labute approximate surface area is 118 Å². The lowest BCUT2D eigenvalue weighted by atomic mass is 10.2. The van der Waals surface area contributed by atoms with Crippen LogP contribution in [0.5, 0.6) is 0 Å². The topological polar surface area (TPSA) is 80.6 Å². The first-order chi connectivity index (χ1) is 9.13. The lowest BCUT2D eigenvalue weighted by Crippen LogP contribution is -2.29. The Balaban J connectivity index is 2.43. The smallest absolute Gasteiger partial charge is 0.261 e. The van der Waals surface area contributed by atoms with Crippen molar-refractivity contribution in [2.24, 2.45) is 10.9 Å². The van der Waals surface area contributed by atoms with E-state index in [9.17, 15) is 4.79 Å². The molecule has 19 heavy (non-hydrogen) atoms. The highest BCUT2D eigenvalue weighted by molar-refractivity contribution is 9.10. The summed E-state index contributed by atoms with van der Waals surface area (Å²) in [5.74, 6) is -0.188. The quantitative estimate of drug-likeness (QED) is 0.391. The van der Waals surface area contributed by atoms with Crippen LogP contribution in [0.4, 0.5) is 0 Å². The molecule has 0 saturated heterocycles. The maximum atomic E-state index is 12.2. The number of amidine groups is 1. The summed E-state index contributed by atoms with van der Waals surface area (Å²) in [7, 11) is 0. The molecule has 98 valence electrons. The molecular weight excluding hydrogens is 310 g/mol. The molecule has 5 nitrogen and oxygen atoms in total. The van der Waals surface area contributed by atoms with Crippen LogP contribution >= 0.6 is 15.9 Å². The minimum atomic E-state index is -0.298. The van der Waals surface area contributed by atoms with Crippen LogP contribution in [-0.2, 0) is 6.54 Å². The molecule has 2 aromatic rings. The number of oxime groups is 1. The number of benzene rings is 1. The van der Waals surface area contributed by atoms with Gasteiger partial charge >= 0.3 is 0 Å². The average molecular weight is 322 g/mol. The zero-order valence-corrected chi connectivity index (χ0v) is 11.5. The van der Waals surface area contributed by atoms with E-state index in [0.717, 1.165) is 10.0 Å². The lowest BCUT2D eigenvalue weighted by Gasteiger charge is -2.09. The molecule has 0 aliphatic rings. The van der Waals surface area contributed by atoms with Gasteiger partial charge in [0.25, 0.3) is 5.56 Å². The van der Waals surface area contributed by atoms with Gasteiger partial charge in [-0.2, -0.15) is 0 Å². The summed E-state index contributed by atoms with van der Waals surface area (Å²) in [6, 6.07) is 10.8. The molecular formula is C13H12BrN3O2. The molecule has 2 rings (SSSR count). The third-order valence-corrected chi connectivity index (χ3v) is 3.48. The summed E-state index contributed by atoms with van der Waals surface area (Å²) in [6.07, 6.45) is 1.66. The second kappa shape index (κ2) is 5.71. The van der Waals surface area contributed by atoms with Gasteiger partial charge in [-0.1, -0.05) is 39.3 Å². The van der Waals surface area contributed by atoms with Gasteiger partial charge in [0.05, 0.1) is 12.1 Å². The first-order valence-corrected chi connectivity index (χ1v) is 6.33. The van der Waals surface area contributed by atoms with Crippen molar-refractivity contribution in [3.63, 3.8) is 0 Å². The van der Waals surface area contributed by atoms with Crippen LogP contribution in [0.15, 0.2) is 57.0 Å². The second-order valence-electron chi connectivity index (χ2n) is 3.93. The fourth-order valence-electron chi connectivity index (χ4n) is 1.72. The molecule has 1 heterocycles. The SMILES string of the molecule is N/C(=N/O)c1cccn(Cc2ccccc2Br)c1=O. The summed E-state index contributed by atoms with van der Waals surface area (Å²) in [6.45, 7) is 0.410. The predicted molar refractivity (Wildman–Crippen MR) is 76.5 cm³/mol. The Morgan fingerprint density at radius 1 is 1.32 bits per heavy atom. The highest BCUT2D eigenvalue weighted by Crippen LogP contribution is 2.16. The van der Waals surface area contributed by atoms with E-state index in [1.165, 1.54) is 10.6 Å². The van der Waals surface area contributed by atoms with Crippen LogP contribution in [0.3, 0.4) is 0 Å². The molecule has 0 spiro atoms. The van der Waals surface area contributed by atoms with Crippen LogP contribution in [0.2, 0.25) is 0 Å².